The van der Waals surface area contributed by atoms with Crippen LogP contribution in [-0.2, 0) is 9.59 Å². The van der Waals surface area contributed by atoms with Gasteiger partial charge in [-0.3, -0.25) is 9.59 Å². The van der Waals surface area contributed by atoms with Crippen LogP contribution in [0.3, 0.4) is 0 Å². The van der Waals surface area contributed by atoms with Crippen molar-refractivity contribution in [2.75, 3.05) is 28.6 Å². The molecule has 3 rings (SSSR count). The summed E-state index contributed by atoms with van der Waals surface area (Å²) in [5.74, 6) is -6.21. The zero-order valence-electron chi connectivity index (χ0n) is 15.3. The van der Waals surface area contributed by atoms with Crippen molar-refractivity contribution in [1.82, 2.24) is 0 Å². The van der Waals surface area contributed by atoms with Gasteiger partial charge in [0, 0.05) is 24.5 Å². The van der Waals surface area contributed by atoms with E-state index in [1.165, 1.54) is 0 Å². The zero-order chi connectivity index (χ0) is 20.3. The largest absolute Gasteiger partial charge is 0.372 e. The van der Waals surface area contributed by atoms with E-state index in [0.29, 0.717) is 17.7 Å². The van der Waals surface area contributed by atoms with Crippen molar-refractivity contribution in [2.24, 2.45) is 5.92 Å². The van der Waals surface area contributed by atoms with Gasteiger partial charge < -0.3 is 15.5 Å². The molecule has 28 heavy (non-hydrogen) atoms. The number of benzene rings is 2. The van der Waals surface area contributed by atoms with E-state index in [-0.39, 0.29) is 0 Å². The molecule has 0 radical (unpaired) electrons. The minimum Gasteiger partial charge on any atom is -0.372 e. The van der Waals surface area contributed by atoms with Gasteiger partial charge in [-0.25, -0.2) is 13.2 Å². The Kier molecular flexibility index (Phi) is 5.87. The Hall–Kier alpha value is -3.03. The maximum atomic E-state index is 13.6. The smallest absolute Gasteiger partial charge is 0.314 e. The molecule has 1 saturated heterocycles. The highest BCUT2D eigenvalue weighted by atomic mass is 19.2. The standard InChI is InChI=1S/C20H20F3N3O2/c1-12-8-10-26(11-9-12)14-4-2-13(3-5-14)24-19(27)20(28)25-16-7-6-15(21)17(22)18(16)23/h2-7,12H,8-11H2,1H3,(H,24,27)(H,25,28). The van der Waals surface area contributed by atoms with E-state index in [1.807, 2.05) is 17.4 Å². The molecular formula is C20H20F3N3O2. The number of hydrogen-bond donors (Lipinski definition) is 2. The number of nitrogens with one attached hydrogen (secondary N) is 2. The van der Waals surface area contributed by atoms with Gasteiger partial charge in [0.1, 0.15) is 0 Å². The van der Waals surface area contributed by atoms with Crippen molar-refractivity contribution in [3.63, 3.8) is 0 Å². The summed E-state index contributed by atoms with van der Waals surface area (Å²) < 4.78 is 39.7. The first-order chi connectivity index (χ1) is 13.3. The third kappa shape index (κ3) is 4.44. The number of piperidine rings is 1. The predicted molar refractivity (Wildman–Crippen MR) is 101 cm³/mol. The number of anilines is 3. The monoisotopic (exact) mass is 391 g/mol. The van der Waals surface area contributed by atoms with Gasteiger partial charge in [-0.1, -0.05) is 6.92 Å². The number of hydrogen-bond acceptors (Lipinski definition) is 3. The van der Waals surface area contributed by atoms with Crippen LogP contribution in [-0.4, -0.2) is 24.9 Å². The molecule has 2 N–H and O–H groups in total. The third-order valence-electron chi connectivity index (χ3n) is 4.76. The second kappa shape index (κ2) is 8.33. The van der Waals surface area contributed by atoms with Crippen LogP contribution in [0.15, 0.2) is 36.4 Å². The molecule has 0 bridgehead atoms. The second-order valence-electron chi connectivity index (χ2n) is 6.85. The molecule has 0 aliphatic carbocycles. The Morgan fingerprint density at radius 2 is 1.50 bits per heavy atom. The fourth-order valence-electron chi connectivity index (χ4n) is 3.01. The molecule has 1 fully saturated rings. The quantitative estimate of drug-likeness (QED) is 0.616. The number of carbonyl (C=O) groups is 2. The van der Waals surface area contributed by atoms with Crippen LogP contribution in [0, 0.1) is 23.4 Å². The molecule has 2 amide bonds. The first-order valence-electron chi connectivity index (χ1n) is 8.96. The van der Waals surface area contributed by atoms with Crippen molar-refractivity contribution in [3.8, 4) is 0 Å². The summed E-state index contributed by atoms with van der Waals surface area (Å²) in [6.45, 7) is 4.16. The molecule has 2 aromatic carbocycles. The van der Waals surface area contributed by atoms with Gasteiger partial charge in [0.05, 0.1) is 5.69 Å². The van der Waals surface area contributed by atoms with Gasteiger partial charge in [-0.15, -0.1) is 0 Å². The SMILES string of the molecule is CC1CCN(c2ccc(NC(=O)C(=O)Nc3ccc(F)c(F)c3F)cc2)CC1. The predicted octanol–water partition coefficient (Wildman–Crippen LogP) is 3.92. The lowest BCUT2D eigenvalue weighted by Gasteiger charge is -2.32. The topological polar surface area (TPSA) is 61.4 Å². The minimum atomic E-state index is -1.72. The molecule has 1 heterocycles. The molecule has 0 saturated carbocycles. The summed E-state index contributed by atoms with van der Waals surface area (Å²) in [6, 6.07) is 8.52. The highest BCUT2D eigenvalue weighted by Crippen LogP contribution is 2.24. The zero-order valence-corrected chi connectivity index (χ0v) is 15.3. The van der Waals surface area contributed by atoms with E-state index in [0.717, 1.165) is 37.7 Å². The van der Waals surface area contributed by atoms with Crippen molar-refractivity contribution in [3.05, 3.63) is 53.8 Å². The lowest BCUT2D eigenvalue weighted by Crippen LogP contribution is -2.32. The fourth-order valence-corrected chi connectivity index (χ4v) is 3.01. The highest BCUT2D eigenvalue weighted by Gasteiger charge is 2.20. The molecule has 0 aromatic heterocycles. The van der Waals surface area contributed by atoms with Gasteiger partial charge >= 0.3 is 11.8 Å². The molecule has 148 valence electrons. The van der Waals surface area contributed by atoms with Crippen LogP contribution in [0.5, 0.6) is 0 Å². The van der Waals surface area contributed by atoms with Crippen LogP contribution in [0.1, 0.15) is 19.8 Å². The Morgan fingerprint density at radius 3 is 2.14 bits per heavy atom. The van der Waals surface area contributed by atoms with Crippen LogP contribution in [0.2, 0.25) is 0 Å². The molecule has 0 atom stereocenters. The van der Waals surface area contributed by atoms with Gasteiger partial charge in [0.15, 0.2) is 17.5 Å². The number of amides is 2. The van der Waals surface area contributed by atoms with E-state index in [9.17, 15) is 22.8 Å². The normalized spacial score (nSPS) is 14.6. The summed E-state index contributed by atoms with van der Waals surface area (Å²) in [7, 11) is 0. The molecule has 5 nitrogen and oxygen atoms in total. The Labute approximate surface area is 160 Å². The van der Waals surface area contributed by atoms with Crippen LogP contribution < -0.4 is 15.5 Å². The van der Waals surface area contributed by atoms with Crippen molar-refractivity contribution >= 4 is 28.9 Å². The van der Waals surface area contributed by atoms with Crippen molar-refractivity contribution in [1.29, 1.82) is 0 Å². The molecule has 0 spiro atoms. The summed E-state index contributed by atoms with van der Waals surface area (Å²) in [4.78, 5) is 26.1. The number of rotatable bonds is 3. The van der Waals surface area contributed by atoms with Gasteiger partial charge in [0.25, 0.3) is 0 Å². The van der Waals surface area contributed by atoms with Crippen LogP contribution in [0.4, 0.5) is 30.2 Å². The lowest BCUT2D eigenvalue weighted by molar-refractivity contribution is -0.133. The highest BCUT2D eigenvalue weighted by molar-refractivity contribution is 6.43. The van der Waals surface area contributed by atoms with E-state index in [2.05, 4.69) is 17.1 Å². The maximum absolute atomic E-state index is 13.6. The molecular weight excluding hydrogens is 371 g/mol. The molecule has 1 aliphatic heterocycles. The second-order valence-corrected chi connectivity index (χ2v) is 6.85. The average Bonchev–Trinajstić information content (AvgIpc) is 2.69. The molecule has 0 unspecified atom stereocenters. The van der Waals surface area contributed by atoms with Crippen molar-refractivity contribution < 1.29 is 22.8 Å². The van der Waals surface area contributed by atoms with E-state index >= 15 is 0 Å². The lowest BCUT2D eigenvalue weighted by atomic mass is 9.99. The summed E-state index contributed by atoms with van der Waals surface area (Å²) >= 11 is 0. The molecule has 8 heteroatoms. The number of nitrogens with zero attached hydrogens (tertiary/aromatic N) is 1. The third-order valence-corrected chi connectivity index (χ3v) is 4.76. The summed E-state index contributed by atoms with van der Waals surface area (Å²) in [6.07, 6.45) is 2.25. The average molecular weight is 391 g/mol. The molecule has 2 aromatic rings. The number of halogens is 3. The Morgan fingerprint density at radius 1 is 0.893 bits per heavy atom. The fraction of sp³-hybridized carbons (Fsp3) is 0.300. The van der Waals surface area contributed by atoms with Crippen LogP contribution >= 0.6 is 0 Å². The summed E-state index contributed by atoms with van der Waals surface area (Å²) in [5.41, 5.74) is 0.798. The Bertz CT molecular complexity index is 879. The van der Waals surface area contributed by atoms with E-state index < -0.39 is 35.0 Å². The van der Waals surface area contributed by atoms with Gasteiger partial charge in [-0.2, -0.15) is 0 Å². The minimum absolute atomic E-state index is 0.389. The maximum Gasteiger partial charge on any atom is 0.314 e. The van der Waals surface area contributed by atoms with Gasteiger partial charge in [-0.05, 0) is 55.2 Å². The first-order valence-corrected chi connectivity index (χ1v) is 8.96. The van der Waals surface area contributed by atoms with E-state index in [1.54, 1.807) is 12.1 Å². The van der Waals surface area contributed by atoms with Crippen LogP contribution in [0.25, 0.3) is 0 Å². The van der Waals surface area contributed by atoms with Crippen molar-refractivity contribution in [2.45, 2.75) is 19.8 Å². The first kappa shape index (κ1) is 19.7. The summed E-state index contributed by atoms with van der Waals surface area (Å²) in [5, 5.41) is 4.31. The number of carbonyl (C=O) groups excluding carboxylic acids is 2. The molecule has 1 aliphatic rings. The Balaban J connectivity index is 1.60. The van der Waals surface area contributed by atoms with E-state index in [4.69, 9.17) is 0 Å². The van der Waals surface area contributed by atoms with Gasteiger partial charge in [0.2, 0.25) is 0 Å².